The van der Waals surface area contributed by atoms with E-state index in [1.807, 2.05) is 0 Å². The maximum absolute atomic E-state index is 11.4. The molecule has 1 aromatic carbocycles. The average Bonchev–Trinajstić information content (AvgIpc) is 2.04. The Morgan fingerprint density at radius 2 is 1.85 bits per heavy atom. The number of hydrogen-bond acceptors (Lipinski definition) is 3. The van der Waals surface area contributed by atoms with Gasteiger partial charge in [0.15, 0.2) is 0 Å². The minimum absolute atomic E-state index is 0.184. The van der Waals surface area contributed by atoms with Crippen LogP contribution in [0.5, 0.6) is 0 Å². The van der Waals surface area contributed by atoms with E-state index in [0.29, 0.717) is 0 Å². The van der Waals surface area contributed by atoms with Crippen LogP contribution in [0, 0.1) is 0 Å². The van der Waals surface area contributed by atoms with Crippen LogP contribution in [0.2, 0.25) is 0 Å². The highest BCUT2D eigenvalue weighted by molar-refractivity contribution is 7.94. The summed E-state index contributed by atoms with van der Waals surface area (Å²) in [6.45, 7) is 1.32. The van der Waals surface area contributed by atoms with Gasteiger partial charge in [-0.3, -0.25) is 0 Å². The van der Waals surface area contributed by atoms with Gasteiger partial charge in [-0.15, -0.1) is 0 Å². The van der Waals surface area contributed by atoms with Crippen LogP contribution in [0.1, 0.15) is 6.92 Å². The SMILES string of the molecule is C/C(O)=C/S(=O)(=O)c1ccccc1. The van der Waals surface area contributed by atoms with Crippen LogP contribution in [0.3, 0.4) is 0 Å². The van der Waals surface area contributed by atoms with Crippen molar-refractivity contribution in [2.45, 2.75) is 11.8 Å². The van der Waals surface area contributed by atoms with Crippen LogP contribution >= 0.6 is 0 Å². The number of hydrogen-bond donors (Lipinski definition) is 1. The van der Waals surface area contributed by atoms with Crippen molar-refractivity contribution in [3.8, 4) is 0 Å². The van der Waals surface area contributed by atoms with Crippen LogP contribution in [-0.2, 0) is 9.84 Å². The molecule has 70 valence electrons. The molecule has 1 N–H and O–H groups in total. The summed E-state index contributed by atoms with van der Waals surface area (Å²) in [7, 11) is -3.47. The molecule has 0 heterocycles. The lowest BCUT2D eigenvalue weighted by molar-refractivity contribution is 0.415. The second-order valence-electron chi connectivity index (χ2n) is 2.62. The lowest BCUT2D eigenvalue weighted by atomic mass is 10.4. The molecule has 0 aliphatic carbocycles. The van der Waals surface area contributed by atoms with Crippen LogP contribution in [0.15, 0.2) is 46.4 Å². The van der Waals surface area contributed by atoms with Crippen molar-refractivity contribution in [3.05, 3.63) is 41.5 Å². The first kappa shape index (κ1) is 9.80. The lowest BCUT2D eigenvalue weighted by Gasteiger charge is -1.97. The Morgan fingerprint density at radius 1 is 1.31 bits per heavy atom. The van der Waals surface area contributed by atoms with Crippen molar-refractivity contribution in [1.82, 2.24) is 0 Å². The molecule has 0 spiro atoms. The summed E-state index contributed by atoms with van der Waals surface area (Å²) in [5.41, 5.74) is 0. The van der Waals surface area contributed by atoms with E-state index < -0.39 is 9.84 Å². The van der Waals surface area contributed by atoms with Gasteiger partial charge in [0.2, 0.25) is 9.84 Å². The van der Waals surface area contributed by atoms with Crippen LogP contribution in [-0.4, -0.2) is 13.5 Å². The second kappa shape index (κ2) is 3.62. The monoisotopic (exact) mass is 198 g/mol. The highest BCUT2D eigenvalue weighted by atomic mass is 32.2. The first-order valence-corrected chi connectivity index (χ1v) is 5.24. The zero-order chi connectivity index (χ0) is 9.90. The average molecular weight is 198 g/mol. The smallest absolute Gasteiger partial charge is 0.203 e. The topological polar surface area (TPSA) is 54.4 Å². The fourth-order valence-corrected chi connectivity index (χ4v) is 2.02. The summed E-state index contributed by atoms with van der Waals surface area (Å²) in [6.07, 6.45) is 0. The highest BCUT2D eigenvalue weighted by Crippen LogP contribution is 2.11. The van der Waals surface area contributed by atoms with Crippen LogP contribution in [0.4, 0.5) is 0 Å². The molecule has 0 aliphatic rings. The standard InChI is InChI=1S/C9H10O3S/c1-8(10)7-13(11,12)9-5-3-2-4-6-9/h2-7,10H,1H3/b8-7-. The number of benzene rings is 1. The molecule has 1 rings (SSSR count). The molecule has 0 fully saturated rings. The predicted molar refractivity (Wildman–Crippen MR) is 50.0 cm³/mol. The van der Waals surface area contributed by atoms with Gasteiger partial charge in [-0.1, -0.05) is 18.2 Å². The van der Waals surface area contributed by atoms with Crippen LogP contribution in [0.25, 0.3) is 0 Å². The fourth-order valence-electron chi connectivity index (χ4n) is 0.903. The second-order valence-corrected chi connectivity index (χ2v) is 4.41. The summed E-state index contributed by atoms with van der Waals surface area (Å²) >= 11 is 0. The van der Waals surface area contributed by atoms with Crippen molar-refractivity contribution in [2.75, 3.05) is 0 Å². The van der Waals surface area contributed by atoms with Gasteiger partial charge in [-0.2, -0.15) is 0 Å². The summed E-state index contributed by atoms with van der Waals surface area (Å²) in [5, 5.41) is 9.67. The van der Waals surface area contributed by atoms with Crippen molar-refractivity contribution in [2.24, 2.45) is 0 Å². The van der Waals surface area contributed by atoms with E-state index in [0.717, 1.165) is 5.41 Å². The summed E-state index contributed by atoms with van der Waals surface area (Å²) in [5.74, 6) is -0.219. The first-order valence-electron chi connectivity index (χ1n) is 3.70. The van der Waals surface area contributed by atoms with Gasteiger partial charge in [0.05, 0.1) is 10.3 Å². The Balaban J connectivity index is 3.18. The summed E-state index contributed by atoms with van der Waals surface area (Å²) < 4.78 is 22.8. The normalized spacial score (nSPS) is 12.8. The number of sulfone groups is 1. The molecule has 0 amide bonds. The molecular formula is C9H10O3S. The maximum Gasteiger partial charge on any atom is 0.203 e. The Hall–Kier alpha value is -1.29. The molecule has 0 saturated heterocycles. The van der Waals surface area contributed by atoms with Gasteiger partial charge in [-0.05, 0) is 19.1 Å². The van der Waals surface area contributed by atoms with Crippen molar-refractivity contribution < 1.29 is 13.5 Å². The van der Waals surface area contributed by atoms with Gasteiger partial charge < -0.3 is 5.11 Å². The molecule has 1 aromatic rings. The van der Waals surface area contributed by atoms with Crippen LogP contribution < -0.4 is 0 Å². The minimum Gasteiger partial charge on any atom is -0.512 e. The van der Waals surface area contributed by atoms with Crippen molar-refractivity contribution in [3.63, 3.8) is 0 Å². The Labute approximate surface area is 77.3 Å². The van der Waals surface area contributed by atoms with E-state index in [1.165, 1.54) is 19.1 Å². The number of rotatable bonds is 2. The maximum atomic E-state index is 11.4. The molecule has 0 bridgehead atoms. The zero-order valence-electron chi connectivity index (χ0n) is 7.14. The number of aliphatic hydroxyl groups is 1. The van der Waals surface area contributed by atoms with Crippen molar-refractivity contribution in [1.29, 1.82) is 0 Å². The Kier molecular flexibility index (Phi) is 2.72. The van der Waals surface area contributed by atoms with Gasteiger partial charge in [0.1, 0.15) is 5.76 Å². The number of allylic oxidation sites excluding steroid dienone is 1. The molecule has 13 heavy (non-hydrogen) atoms. The molecular weight excluding hydrogens is 188 g/mol. The van der Waals surface area contributed by atoms with E-state index in [-0.39, 0.29) is 10.7 Å². The summed E-state index contributed by atoms with van der Waals surface area (Å²) in [6, 6.07) is 7.96. The first-order chi connectivity index (χ1) is 6.02. The lowest BCUT2D eigenvalue weighted by Crippen LogP contribution is -1.96. The molecule has 0 atom stereocenters. The third-order valence-corrected chi connectivity index (χ3v) is 2.98. The van der Waals surface area contributed by atoms with E-state index >= 15 is 0 Å². The third kappa shape index (κ3) is 2.59. The van der Waals surface area contributed by atoms with Crippen molar-refractivity contribution >= 4 is 9.84 Å². The molecule has 4 heteroatoms. The Bertz CT molecular complexity index is 400. The Morgan fingerprint density at radius 3 is 2.31 bits per heavy atom. The fraction of sp³-hybridized carbons (Fsp3) is 0.111. The molecule has 0 radical (unpaired) electrons. The highest BCUT2D eigenvalue weighted by Gasteiger charge is 2.09. The quantitative estimate of drug-likeness (QED) is 0.738. The molecule has 0 aromatic heterocycles. The number of aliphatic hydroxyl groups excluding tert-OH is 1. The van der Waals surface area contributed by atoms with E-state index in [4.69, 9.17) is 5.11 Å². The summed E-state index contributed by atoms with van der Waals surface area (Å²) in [4.78, 5) is 0.184. The predicted octanol–water partition coefficient (Wildman–Crippen LogP) is 1.88. The largest absolute Gasteiger partial charge is 0.512 e. The van der Waals surface area contributed by atoms with E-state index in [2.05, 4.69) is 0 Å². The molecule has 0 saturated carbocycles. The minimum atomic E-state index is -3.47. The van der Waals surface area contributed by atoms with Gasteiger partial charge in [-0.25, -0.2) is 8.42 Å². The van der Waals surface area contributed by atoms with E-state index in [1.54, 1.807) is 18.2 Å². The van der Waals surface area contributed by atoms with Gasteiger partial charge in [0, 0.05) is 0 Å². The van der Waals surface area contributed by atoms with E-state index in [9.17, 15) is 8.42 Å². The van der Waals surface area contributed by atoms with Gasteiger partial charge in [0.25, 0.3) is 0 Å². The molecule has 0 unspecified atom stereocenters. The third-order valence-electron chi connectivity index (χ3n) is 1.40. The zero-order valence-corrected chi connectivity index (χ0v) is 7.95. The molecule has 0 aliphatic heterocycles. The van der Waals surface area contributed by atoms with Gasteiger partial charge >= 0.3 is 0 Å². The molecule has 3 nitrogen and oxygen atoms in total.